The van der Waals surface area contributed by atoms with Crippen LogP contribution in [0.15, 0.2) is 36.4 Å². The van der Waals surface area contributed by atoms with Gasteiger partial charge in [-0.25, -0.2) is 9.59 Å². The summed E-state index contributed by atoms with van der Waals surface area (Å²) in [5.41, 5.74) is 9.42. The van der Waals surface area contributed by atoms with Crippen molar-refractivity contribution >= 4 is 41.0 Å². The molecule has 0 saturated carbocycles. The Morgan fingerprint density at radius 1 is 0.979 bits per heavy atom. The number of likely N-dealkylation sites (tertiary alicyclic amines) is 2. The summed E-state index contributed by atoms with van der Waals surface area (Å²) in [5, 5.41) is 6.73. The van der Waals surface area contributed by atoms with Crippen LogP contribution in [0.4, 0.5) is 21.0 Å². The van der Waals surface area contributed by atoms with Gasteiger partial charge >= 0.3 is 12.1 Å². The number of benzene rings is 2. The molecule has 0 bridgehead atoms. The molecule has 250 valence electrons. The van der Waals surface area contributed by atoms with Crippen molar-refractivity contribution in [1.29, 1.82) is 0 Å². The number of amides is 4. The first-order chi connectivity index (χ1) is 22.8. The average molecular weight is 662 g/mol. The maximum Gasteiger partial charge on any atom is 0.410 e. The SMILES string of the molecule is C#Cc1cc(C[C@@H](OC(=O)N2CCC(N3CCc4ccccc4NC3=O)CC2)C(=O)N2CCC(N3CCNCC3)CC2)cc(Cl)c1N. The molecule has 1 atom stereocenters. The van der Waals surface area contributed by atoms with Gasteiger partial charge in [-0.1, -0.05) is 35.7 Å². The van der Waals surface area contributed by atoms with Gasteiger partial charge in [0.15, 0.2) is 6.10 Å². The van der Waals surface area contributed by atoms with Gasteiger partial charge in [0, 0.05) is 88.7 Å². The monoisotopic (exact) mass is 661 g/mol. The minimum Gasteiger partial charge on any atom is -0.436 e. The van der Waals surface area contributed by atoms with E-state index in [2.05, 4.69) is 21.5 Å². The number of ether oxygens (including phenoxy) is 1. The van der Waals surface area contributed by atoms with Gasteiger partial charge in [-0.2, -0.15) is 0 Å². The van der Waals surface area contributed by atoms with Gasteiger partial charge in [0.05, 0.1) is 10.7 Å². The molecule has 0 spiro atoms. The van der Waals surface area contributed by atoms with Crippen LogP contribution >= 0.6 is 11.6 Å². The third kappa shape index (κ3) is 7.61. The van der Waals surface area contributed by atoms with Crippen LogP contribution in [0.1, 0.15) is 42.4 Å². The van der Waals surface area contributed by atoms with Crippen molar-refractivity contribution in [2.45, 2.75) is 56.7 Å². The Kier molecular flexibility index (Phi) is 10.4. The molecule has 0 aliphatic carbocycles. The summed E-state index contributed by atoms with van der Waals surface area (Å²) in [7, 11) is 0. The minimum atomic E-state index is -1.05. The number of urea groups is 1. The van der Waals surface area contributed by atoms with Gasteiger partial charge in [0.1, 0.15) is 0 Å². The molecular weight excluding hydrogens is 618 g/mol. The molecule has 3 fully saturated rings. The van der Waals surface area contributed by atoms with Crippen molar-refractivity contribution in [2.24, 2.45) is 0 Å². The summed E-state index contributed by atoms with van der Waals surface area (Å²) in [4.78, 5) is 48.5. The Labute approximate surface area is 281 Å². The Bertz CT molecular complexity index is 1510. The predicted molar refractivity (Wildman–Crippen MR) is 182 cm³/mol. The van der Waals surface area contributed by atoms with Gasteiger partial charge in [0.25, 0.3) is 5.91 Å². The molecule has 12 heteroatoms. The van der Waals surface area contributed by atoms with E-state index < -0.39 is 12.2 Å². The van der Waals surface area contributed by atoms with Crippen molar-refractivity contribution in [3.63, 3.8) is 0 Å². The first-order valence-corrected chi connectivity index (χ1v) is 17.1. The van der Waals surface area contributed by atoms with Gasteiger partial charge in [-0.3, -0.25) is 9.69 Å². The third-order valence-corrected chi connectivity index (χ3v) is 10.3. The number of hydrogen-bond acceptors (Lipinski definition) is 7. The number of nitrogens with two attached hydrogens (primary N) is 1. The van der Waals surface area contributed by atoms with Crippen LogP contribution in [-0.2, 0) is 22.4 Å². The number of para-hydroxylation sites is 1. The Morgan fingerprint density at radius 2 is 1.66 bits per heavy atom. The number of nitrogens with zero attached hydrogens (tertiary/aromatic N) is 4. The average Bonchev–Trinajstić information content (AvgIpc) is 3.27. The number of halogens is 1. The highest BCUT2D eigenvalue weighted by molar-refractivity contribution is 6.33. The molecule has 4 amide bonds. The first kappa shape index (κ1) is 32.9. The van der Waals surface area contributed by atoms with E-state index in [1.165, 1.54) is 0 Å². The molecule has 0 aromatic heterocycles. The number of anilines is 2. The van der Waals surface area contributed by atoms with Crippen molar-refractivity contribution < 1.29 is 19.1 Å². The van der Waals surface area contributed by atoms with Crippen LogP contribution in [-0.4, -0.2) is 115 Å². The van der Waals surface area contributed by atoms with E-state index in [9.17, 15) is 14.4 Å². The Hall–Kier alpha value is -3.98. The molecule has 4 aliphatic heterocycles. The van der Waals surface area contributed by atoms with E-state index >= 15 is 0 Å². The second kappa shape index (κ2) is 14.8. The molecule has 2 aromatic carbocycles. The van der Waals surface area contributed by atoms with Crippen molar-refractivity contribution in [2.75, 3.05) is 70.0 Å². The van der Waals surface area contributed by atoms with E-state index in [1.807, 2.05) is 34.1 Å². The van der Waals surface area contributed by atoms with Gasteiger partial charge in [0.2, 0.25) is 0 Å². The number of carbonyl (C=O) groups is 3. The number of carbonyl (C=O) groups excluding carboxylic acids is 3. The summed E-state index contributed by atoms with van der Waals surface area (Å²) in [6.45, 7) is 6.67. The molecule has 47 heavy (non-hydrogen) atoms. The van der Waals surface area contributed by atoms with Crippen LogP contribution in [0.25, 0.3) is 0 Å². The molecular formula is C35H44ClN7O4. The molecule has 0 unspecified atom stereocenters. The lowest BCUT2D eigenvalue weighted by Crippen LogP contribution is -2.54. The maximum atomic E-state index is 14.0. The summed E-state index contributed by atoms with van der Waals surface area (Å²) in [5.74, 6) is 2.33. The molecule has 4 heterocycles. The number of piperidine rings is 2. The normalized spacial score (nSPS) is 20.5. The van der Waals surface area contributed by atoms with Gasteiger partial charge in [-0.05, 0) is 61.4 Å². The quantitative estimate of drug-likeness (QED) is 0.320. The van der Waals surface area contributed by atoms with Crippen LogP contribution in [0.5, 0.6) is 0 Å². The molecule has 0 radical (unpaired) electrons. The van der Waals surface area contributed by atoms with Crippen LogP contribution in [0.2, 0.25) is 5.02 Å². The van der Waals surface area contributed by atoms with E-state index in [0.717, 1.165) is 56.7 Å². The fraction of sp³-hybridized carbons (Fsp3) is 0.514. The summed E-state index contributed by atoms with van der Waals surface area (Å²) in [6.07, 6.45) is 7.97. The highest BCUT2D eigenvalue weighted by atomic mass is 35.5. The highest BCUT2D eigenvalue weighted by Crippen LogP contribution is 2.28. The van der Waals surface area contributed by atoms with Crippen molar-refractivity contribution in [3.05, 3.63) is 58.1 Å². The van der Waals surface area contributed by atoms with Gasteiger partial charge < -0.3 is 35.8 Å². The van der Waals surface area contributed by atoms with Crippen LogP contribution in [0.3, 0.4) is 0 Å². The van der Waals surface area contributed by atoms with Crippen LogP contribution < -0.4 is 16.4 Å². The zero-order valence-electron chi connectivity index (χ0n) is 26.8. The topological polar surface area (TPSA) is 123 Å². The van der Waals surface area contributed by atoms with E-state index in [4.69, 9.17) is 28.5 Å². The van der Waals surface area contributed by atoms with Crippen molar-refractivity contribution in [1.82, 2.24) is 24.9 Å². The lowest BCUT2D eigenvalue weighted by Gasteiger charge is -2.41. The Morgan fingerprint density at radius 3 is 2.38 bits per heavy atom. The number of nitrogens with one attached hydrogen (secondary N) is 2. The van der Waals surface area contributed by atoms with E-state index in [0.29, 0.717) is 73.4 Å². The van der Waals surface area contributed by atoms with Crippen LogP contribution in [0, 0.1) is 12.3 Å². The van der Waals surface area contributed by atoms with E-state index in [1.54, 1.807) is 17.0 Å². The lowest BCUT2D eigenvalue weighted by atomic mass is 9.99. The smallest absolute Gasteiger partial charge is 0.410 e. The maximum absolute atomic E-state index is 14.0. The number of piperazine rings is 1. The predicted octanol–water partition coefficient (Wildman–Crippen LogP) is 3.40. The summed E-state index contributed by atoms with van der Waals surface area (Å²) < 4.78 is 6.02. The highest BCUT2D eigenvalue weighted by Gasteiger charge is 2.36. The molecule has 4 aliphatic rings. The molecule has 4 N–H and O–H groups in total. The second-order valence-electron chi connectivity index (χ2n) is 12.9. The largest absolute Gasteiger partial charge is 0.436 e. The second-order valence-corrected chi connectivity index (χ2v) is 13.3. The molecule has 6 rings (SSSR count). The number of nitrogen functional groups attached to an aromatic ring is 1. The number of fused-ring (bicyclic) bond motifs is 1. The fourth-order valence-corrected chi connectivity index (χ4v) is 7.54. The number of terminal acetylenes is 1. The summed E-state index contributed by atoms with van der Waals surface area (Å²) >= 11 is 6.38. The molecule has 3 saturated heterocycles. The molecule has 2 aromatic rings. The summed E-state index contributed by atoms with van der Waals surface area (Å²) in [6, 6.07) is 11.6. The number of rotatable bonds is 6. The van der Waals surface area contributed by atoms with E-state index in [-0.39, 0.29) is 24.4 Å². The zero-order chi connectivity index (χ0) is 32.9. The van der Waals surface area contributed by atoms with Gasteiger partial charge in [-0.15, -0.1) is 6.42 Å². The third-order valence-electron chi connectivity index (χ3n) is 10.0. The minimum absolute atomic E-state index is 0.00174. The zero-order valence-corrected chi connectivity index (χ0v) is 27.5. The molecule has 11 nitrogen and oxygen atoms in total. The van der Waals surface area contributed by atoms with Crippen molar-refractivity contribution in [3.8, 4) is 12.3 Å². The number of hydrogen-bond donors (Lipinski definition) is 3. The standard InChI is InChI=1S/C35H44ClN7O4/c1-2-25-21-24(22-29(36)32(25)37)23-31(33(44)41-14-8-27(9-15-41)40-19-12-38-13-20-40)47-35(46)42-16-10-28(11-17-42)43-18-7-26-5-3-4-6-30(26)39-34(43)45/h1,3-6,21-22,27-28,31,38H,7-20,23,37H2,(H,39,45)/t31-/m1/s1. The lowest BCUT2D eigenvalue weighted by molar-refractivity contribution is -0.142. The Balaban J connectivity index is 1.10. The fourth-order valence-electron chi connectivity index (χ4n) is 7.30. The first-order valence-electron chi connectivity index (χ1n) is 16.7.